The van der Waals surface area contributed by atoms with Crippen LogP contribution in [0.4, 0.5) is 0 Å². The van der Waals surface area contributed by atoms with E-state index < -0.39 is 59.9 Å². The molecule has 0 aromatic rings. The molecular weight excluding hydrogens is 582 g/mol. The Morgan fingerprint density at radius 3 is 1.87 bits per heavy atom. The molecule has 6 atom stereocenters. The number of hydrogen-bond acceptors (Lipinski definition) is 7. The number of carbonyl (C=O) groups excluding carboxylic acids is 5. The lowest BCUT2D eigenvalue weighted by Crippen LogP contribution is -2.57. The molecule has 45 heavy (non-hydrogen) atoms. The summed E-state index contributed by atoms with van der Waals surface area (Å²) in [5, 5.41) is 33.6. The van der Waals surface area contributed by atoms with Crippen molar-refractivity contribution < 1.29 is 39.0 Å². The maximum absolute atomic E-state index is 13.5. The highest BCUT2D eigenvalue weighted by Crippen LogP contribution is 2.14. The molecule has 0 aliphatic rings. The molecule has 7 N–H and O–H groups in total. The summed E-state index contributed by atoms with van der Waals surface area (Å²) >= 11 is 0. The molecule has 0 aliphatic heterocycles. The fourth-order valence-corrected chi connectivity index (χ4v) is 4.83. The van der Waals surface area contributed by atoms with Gasteiger partial charge in [0.1, 0.15) is 18.1 Å². The minimum absolute atomic E-state index is 0.0453. The molecular formula is C32H59N5O8. The van der Waals surface area contributed by atoms with Crippen LogP contribution in [0.2, 0.25) is 0 Å². The second kappa shape index (κ2) is 23.2. The van der Waals surface area contributed by atoms with Gasteiger partial charge in [-0.3, -0.25) is 28.8 Å². The Kier molecular flexibility index (Phi) is 21.5. The summed E-state index contributed by atoms with van der Waals surface area (Å²) in [5.41, 5.74) is 0. The van der Waals surface area contributed by atoms with Crippen molar-refractivity contribution in [3.05, 3.63) is 0 Å². The lowest BCUT2D eigenvalue weighted by Gasteiger charge is -2.30. The quantitative estimate of drug-likeness (QED) is 0.0830. The van der Waals surface area contributed by atoms with E-state index in [0.29, 0.717) is 38.6 Å². The van der Waals surface area contributed by atoms with Crippen molar-refractivity contribution in [1.29, 1.82) is 0 Å². The van der Waals surface area contributed by atoms with Gasteiger partial charge in [-0.05, 0) is 44.4 Å². The van der Waals surface area contributed by atoms with E-state index in [-0.39, 0.29) is 43.4 Å². The number of unbranched alkanes of at least 4 members (excludes halogenated alkanes) is 1. The largest absolute Gasteiger partial charge is 0.481 e. The van der Waals surface area contributed by atoms with Crippen molar-refractivity contribution in [2.24, 2.45) is 11.8 Å². The van der Waals surface area contributed by atoms with Crippen molar-refractivity contribution >= 4 is 35.5 Å². The Balaban J connectivity index is 5.64. The maximum Gasteiger partial charge on any atom is 0.303 e. The van der Waals surface area contributed by atoms with Crippen LogP contribution in [-0.4, -0.2) is 82.5 Å². The molecule has 0 heterocycles. The number of likely N-dealkylation sites (N-methyl/N-ethyl adjacent to an activating group) is 1. The van der Waals surface area contributed by atoms with Crippen LogP contribution in [0.5, 0.6) is 0 Å². The van der Waals surface area contributed by atoms with Gasteiger partial charge >= 0.3 is 5.97 Å². The Hall–Kier alpha value is -3.22. The maximum atomic E-state index is 13.5. The molecule has 0 spiro atoms. The number of carboxylic acids is 1. The topological polar surface area (TPSA) is 203 Å². The Morgan fingerprint density at radius 1 is 0.689 bits per heavy atom. The van der Waals surface area contributed by atoms with Crippen molar-refractivity contribution in [2.75, 3.05) is 6.54 Å². The smallest absolute Gasteiger partial charge is 0.303 e. The molecule has 0 aliphatic carbocycles. The van der Waals surface area contributed by atoms with Gasteiger partial charge in [0.15, 0.2) is 0 Å². The summed E-state index contributed by atoms with van der Waals surface area (Å²) in [7, 11) is 0. The van der Waals surface area contributed by atoms with E-state index >= 15 is 0 Å². The van der Waals surface area contributed by atoms with Crippen LogP contribution >= 0.6 is 0 Å². The van der Waals surface area contributed by atoms with Gasteiger partial charge < -0.3 is 36.8 Å². The fraction of sp³-hybridized carbons (Fsp3) is 0.812. The van der Waals surface area contributed by atoms with Crippen molar-refractivity contribution in [3.63, 3.8) is 0 Å². The van der Waals surface area contributed by atoms with E-state index in [9.17, 15) is 33.9 Å². The number of carbonyl (C=O) groups is 6. The number of hydrogen-bond donors (Lipinski definition) is 7. The third-order valence-electron chi connectivity index (χ3n) is 7.58. The molecule has 0 aromatic heterocycles. The van der Waals surface area contributed by atoms with Gasteiger partial charge in [-0.15, -0.1) is 0 Å². The molecule has 0 aromatic carbocycles. The summed E-state index contributed by atoms with van der Waals surface area (Å²) in [6, 6.07) is -3.39. The first-order valence-electron chi connectivity index (χ1n) is 16.6. The van der Waals surface area contributed by atoms with E-state index in [2.05, 4.69) is 26.6 Å². The van der Waals surface area contributed by atoms with Gasteiger partial charge in [0.25, 0.3) is 0 Å². The van der Waals surface area contributed by atoms with E-state index in [1.54, 1.807) is 13.8 Å². The van der Waals surface area contributed by atoms with Crippen molar-refractivity contribution in [1.82, 2.24) is 26.6 Å². The minimum atomic E-state index is -1.24. The molecule has 260 valence electrons. The number of aliphatic hydroxyl groups excluding tert-OH is 1. The average molecular weight is 642 g/mol. The Morgan fingerprint density at radius 2 is 1.33 bits per heavy atom. The standard InChI is InChI=1S/C32H59N5O8/c1-8-12-15-23(30(43)33-11-4)34-27(40)19-25(38)24(18-20(5)6)36-31(44)22(14-9-2)35-32(45)29(21(7)10-3)37-26(39)16-13-17-28(41)42/h20-25,29,38H,8-19H2,1-7H3,(H,33,43)(H,34,40)(H,35,45)(H,36,44)(H,37,39)(H,41,42)/t21-,22-,23-,24-,25-,29-/m0/s1. The van der Waals surface area contributed by atoms with Crippen LogP contribution in [-0.2, 0) is 28.8 Å². The highest BCUT2D eigenvalue weighted by molar-refractivity contribution is 5.92. The molecule has 0 bridgehead atoms. The number of aliphatic carboxylic acids is 1. The molecule has 0 rings (SSSR count). The van der Waals surface area contributed by atoms with Crippen LogP contribution in [0.3, 0.4) is 0 Å². The second-order valence-corrected chi connectivity index (χ2v) is 12.2. The van der Waals surface area contributed by atoms with E-state index in [0.717, 1.165) is 12.8 Å². The highest BCUT2D eigenvalue weighted by Gasteiger charge is 2.32. The van der Waals surface area contributed by atoms with Crippen LogP contribution in [0.1, 0.15) is 119 Å². The highest BCUT2D eigenvalue weighted by atomic mass is 16.4. The van der Waals surface area contributed by atoms with Gasteiger partial charge in [-0.25, -0.2) is 0 Å². The number of nitrogens with one attached hydrogen (secondary N) is 5. The molecule has 5 amide bonds. The predicted molar refractivity (Wildman–Crippen MR) is 172 cm³/mol. The summed E-state index contributed by atoms with van der Waals surface area (Å²) in [5.74, 6) is -3.50. The van der Waals surface area contributed by atoms with E-state index in [1.165, 1.54) is 0 Å². The average Bonchev–Trinajstić information content (AvgIpc) is 2.96. The zero-order chi connectivity index (χ0) is 34.5. The normalized spacial score (nSPS) is 15.1. The molecule has 0 saturated carbocycles. The Bertz CT molecular complexity index is 945. The first-order chi connectivity index (χ1) is 21.2. The van der Waals surface area contributed by atoms with E-state index in [1.807, 2.05) is 34.6 Å². The SMILES string of the molecule is CCCC[C@H](NC(=O)C[C@H](O)[C@H](CC(C)C)NC(=O)[C@H](CCC)NC(=O)[C@@H](NC(=O)CCCC(=O)O)[C@@H](C)CC)C(=O)NCC. The van der Waals surface area contributed by atoms with E-state index in [4.69, 9.17) is 5.11 Å². The van der Waals surface area contributed by atoms with Gasteiger partial charge in [0, 0.05) is 19.4 Å². The molecule has 0 saturated heterocycles. The fourth-order valence-electron chi connectivity index (χ4n) is 4.83. The van der Waals surface area contributed by atoms with Crippen LogP contribution in [0.25, 0.3) is 0 Å². The summed E-state index contributed by atoms with van der Waals surface area (Å²) in [6.45, 7) is 13.6. The minimum Gasteiger partial charge on any atom is -0.481 e. The number of rotatable bonds is 24. The lowest BCUT2D eigenvalue weighted by atomic mass is 9.95. The summed E-state index contributed by atoms with van der Waals surface area (Å²) in [4.78, 5) is 75.3. The number of amides is 5. The number of aliphatic hydroxyl groups is 1. The molecule has 13 heteroatoms. The third kappa shape index (κ3) is 17.8. The summed E-state index contributed by atoms with van der Waals surface area (Å²) < 4.78 is 0. The van der Waals surface area contributed by atoms with Crippen LogP contribution in [0.15, 0.2) is 0 Å². The van der Waals surface area contributed by atoms with Crippen molar-refractivity contribution in [3.8, 4) is 0 Å². The van der Waals surface area contributed by atoms with Gasteiger partial charge in [-0.2, -0.15) is 0 Å². The molecule has 13 nitrogen and oxygen atoms in total. The van der Waals surface area contributed by atoms with Gasteiger partial charge in [0.2, 0.25) is 29.5 Å². The van der Waals surface area contributed by atoms with Gasteiger partial charge in [-0.1, -0.05) is 67.2 Å². The van der Waals surface area contributed by atoms with Crippen LogP contribution in [0, 0.1) is 11.8 Å². The van der Waals surface area contributed by atoms with Crippen molar-refractivity contribution in [2.45, 2.75) is 149 Å². The predicted octanol–water partition coefficient (Wildman–Crippen LogP) is 2.15. The third-order valence-corrected chi connectivity index (χ3v) is 7.58. The lowest BCUT2D eigenvalue weighted by molar-refractivity contribution is -0.137. The Labute approximate surface area is 268 Å². The second-order valence-electron chi connectivity index (χ2n) is 12.2. The van der Waals surface area contributed by atoms with Crippen LogP contribution < -0.4 is 26.6 Å². The van der Waals surface area contributed by atoms with Gasteiger partial charge in [0.05, 0.1) is 18.6 Å². The molecule has 0 unspecified atom stereocenters. The summed E-state index contributed by atoms with van der Waals surface area (Å²) in [6.07, 6.45) is 2.23. The first-order valence-corrected chi connectivity index (χ1v) is 16.6. The monoisotopic (exact) mass is 641 g/mol. The molecule has 0 radical (unpaired) electrons. The molecule has 0 fully saturated rings. The zero-order valence-electron chi connectivity index (χ0n) is 28.4. The first kappa shape index (κ1) is 41.8. The number of carboxylic acid groups (broad SMARTS) is 1. The zero-order valence-corrected chi connectivity index (χ0v) is 28.4.